The Kier molecular flexibility index (Phi) is 5.56. The molecule has 8 heteroatoms. The Bertz CT molecular complexity index is 594. The Balaban J connectivity index is 2.49. The second kappa shape index (κ2) is 6.77. The van der Waals surface area contributed by atoms with Crippen molar-refractivity contribution < 1.29 is 17.9 Å². The molecular weight excluding hydrogens is 294 g/mol. The smallest absolute Gasteiger partial charge is 0.407 e. The summed E-state index contributed by atoms with van der Waals surface area (Å²) in [6.45, 7) is 5.94. The predicted molar refractivity (Wildman–Crippen MR) is 80.5 cm³/mol. The fraction of sp³-hybridized carbons (Fsp3) is 0.462. The molecule has 0 aromatic heterocycles. The number of hydrogen-bond donors (Lipinski definition) is 3. The summed E-state index contributed by atoms with van der Waals surface area (Å²) in [4.78, 5) is 11.4. The summed E-state index contributed by atoms with van der Waals surface area (Å²) < 4.78 is 27.9. The molecule has 0 fully saturated rings. The van der Waals surface area contributed by atoms with Crippen molar-refractivity contribution in [3.8, 4) is 0 Å². The molecular formula is C13H21N3O4S. The highest BCUT2D eigenvalue weighted by atomic mass is 32.2. The molecule has 1 aromatic carbocycles. The van der Waals surface area contributed by atoms with Gasteiger partial charge in [0.05, 0.1) is 5.69 Å². The van der Waals surface area contributed by atoms with E-state index in [1.54, 1.807) is 39.0 Å². The van der Waals surface area contributed by atoms with Gasteiger partial charge in [-0.25, -0.2) is 18.4 Å². The van der Waals surface area contributed by atoms with Crippen molar-refractivity contribution in [1.82, 2.24) is 5.32 Å². The summed E-state index contributed by atoms with van der Waals surface area (Å²) in [5, 5.41) is 10.6. The van der Waals surface area contributed by atoms with Gasteiger partial charge < -0.3 is 15.4 Å². The van der Waals surface area contributed by atoms with Gasteiger partial charge in [0, 0.05) is 13.1 Å². The standard InChI is InChI=1S/C13H21N3O4S/c1-13(2,3)20-12(17)16-9-8-15-10-6-4-5-7-11(10)21(14,18)19/h4-7,15H,8-9H2,1-3H3,(H,16,17)(H2,14,18,19). The highest BCUT2D eigenvalue weighted by Gasteiger charge is 2.16. The van der Waals surface area contributed by atoms with Crippen LogP contribution in [0.5, 0.6) is 0 Å². The normalized spacial score (nSPS) is 11.8. The van der Waals surface area contributed by atoms with E-state index in [0.717, 1.165) is 0 Å². The van der Waals surface area contributed by atoms with Crippen molar-refractivity contribution in [2.45, 2.75) is 31.3 Å². The number of para-hydroxylation sites is 1. The summed E-state index contributed by atoms with van der Waals surface area (Å²) >= 11 is 0. The third kappa shape index (κ3) is 6.46. The van der Waals surface area contributed by atoms with Crippen LogP contribution in [0.15, 0.2) is 29.2 Å². The van der Waals surface area contributed by atoms with Gasteiger partial charge in [-0.1, -0.05) is 12.1 Å². The van der Waals surface area contributed by atoms with Crippen molar-refractivity contribution in [3.05, 3.63) is 24.3 Å². The molecule has 0 unspecified atom stereocenters. The lowest BCUT2D eigenvalue weighted by molar-refractivity contribution is 0.0530. The van der Waals surface area contributed by atoms with Gasteiger partial charge in [-0.2, -0.15) is 0 Å². The number of sulfonamides is 1. The SMILES string of the molecule is CC(C)(C)OC(=O)NCCNc1ccccc1S(N)(=O)=O. The second-order valence-electron chi connectivity index (χ2n) is 5.40. The van der Waals surface area contributed by atoms with Crippen molar-refractivity contribution >= 4 is 21.8 Å². The van der Waals surface area contributed by atoms with E-state index in [4.69, 9.17) is 9.88 Å². The molecule has 0 aliphatic carbocycles. The summed E-state index contributed by atoms with van der Waals surface area (Å²) in [6, 6.07) is 6.30. The third-order valence-electron chi connectivity index (χ3n) is 2.30. The van der Waals surface area contributed by atoms with Crippen molar-refractivity contribution in [1.29, 1.82) is 0 Å². The highest BCUT2D eigenvalue weighted by molar-refractivity contribution is 7.89. The van der Waals surface area contributed by atoms with Gasteiger partial charge in [0.1, 0.15) is 10.5 Å². The van der Waals surface area contributed by atoms with Crippen LogP contribution in [0.3, 0.4) is 0 Å². The molecule has 0 spiro atoms. The zero-order valence-electron chi connectivity index (χ0n) is 12.3. The monoisotopic (exact) mass is 315 g/mol. The zero-order chi connectivity index (χ0) is 16.1. The van der Waals surface area contributed by atoms with Crippen LogP contribution in [-0.2, 0) is 14.8 Å². The minimum absolute atomic E-state index is 0.0160. The van der Waals surface area contributed by atoms with Crippen LogP contribution >= 0.6 is 0 Å². The summed E-state index contributed by atoms with van der Waals surface area (Å²) in [6.07, 6.45) is -0.524. The first kappa shape index (κ1) is 17.3. The topological polar surface area (TPSA) is 111 Å². The van der Waals surface area contributed by atoms with Gasteiger partial charge >= 0.3 is 6.09 Å². The Morgan fingerprint density at radius 3 is 2.43 bits per heavy atom. The molecule has 7 nitrogen and oxygen atoms in total. The Labute approximate surface area is 124 Å². The molecule has 0 aliphatic rings. The number of rotatable bonds is 5. The van der Waals surface area contributed by atoms with E-state index in [2.05, 4.69) is 10.6 Å². The average molecular weight is 315 g/mol. The summed E-state index contributed by atoms with van der Waals surface area (Å²) in [5.41, 5.74) is -0.163. The van der Waals surface area contributed by atoms with E-state index in [-0.39, 0.29) is 11.4 Å². The van der Waals surface area contributed by atoms with E-state index in [0.29, 0.717) is 12.2 Å². The number of alkyl carbamates (subject to hydrolysis) is 1. The second-order valence-corrected chi connectivity index (χ2v) is 6.93. The maximum atomic E-state index is 11.4. The van der Waals surface area contributed by atoms with Crippen LogP contribution in [0.1, 0.15) is 20.8 Å². The van der Waals surface area contributed by atoms with Gasteiger partial charge in [-0.3, -0.25) is 0 Å². The van der Waals surface area contributed by atoms with Crippen LogP contribution < -0.4 is 15.8 Å². The lowest BCUT2D eigenvalue weighted by Gasteiger charge is -2.19. The molecule has 0 bridgehead atoms. The average Bonchev–Trinajstić information content (AvgIpc) is 2.32. The van der Waals surface area contributed by atoms with Crippen molar-refractivity contribution in [2.75, 3.05) is 18.4 Å². The number of ether oxygens (including phenoxy) is 1. The van der Waals surface area contributed by atoms with Crippen LogP contribution in [0.2, 0.25) is 0 Å². The quantitative estimate of drug-likeness (QED) is 0.709. The molecule has 21 heavy (non-hydrogen) atoms. The summed E-state index contributed by atoms with van der Waals surface area (Å²) in [5.74, 6) is 0. The number of nitrogens with two attached hydrogens (primary N) is 1. The van der Waals surface area contributed by atoms with E-state index in [1.165, 1.54) is 6.07 Å². The van der Waals surface area contributed by atoms with E-state index >= 15 is 0 Å². The number of primary sulfonamides is 1. The molecule has 0 heterocycles. The molecule has 1 aromatic rings. The predicted octanol–water partition coefficient (Wildman–Crippen LogP) is 1.27. The minimum atomic E-state index is -3.79. The number of carbonyl (C=O) groups is 1. The first-order valence-corrected chi connectivity index (χ1v) is 7.97. The van der Waals surface area contributed by atoms with Gasteiger partial charge in [0.25, 0.3) is 0 Å². The maximum absolute atomic E-state index is 11.4. The minimum Gasteiger partial charge on any atom is -0.444 e. The van der Waals surface area contributed by atoms with Crippen molar-refractivity contribution in [2.24, 2.45) is 5.14 Å². The van der Waals surface area contributed by atoms with Crippen LogP contribution in [0.4, 0.5) is 10.5 Å². The molecule has 0 radical (unpaired) electrons. The van der Waals surface area contributed by atoms with Crippen LogP contribution in [-0.4, -0.2) is 33.2 Å². The lowest BCUT2D eigenvalue weighted by atomic mass is 10.2. The fourth-order valence-electron chi connectivity index (χ4n) is 1.54. The largest absolute Gasteiger partial charge is 0.444 e. The molecule has 0 saturated heterocycles. The van der Waals surface area contributed by atoms with E-state index in [1.807, 2.05) is 0 Å². The van der Waals surface area contributed by atoms with Gasteiger partial charge in [-0.15, -0.1) is 0 Å². The molecule has 4 N–H and O–H groups in total. The number of carbonyl (C=O) groups excluding carboxylic acids is 1. The first-order chi connectivity index (χ1) is 9.59. The Morgan fingerprint density at radius 2 is 1.86 bits per heavy atom. The third-order valence-corrected chi connectivity index (χ3v) is 3.27. The number of nitrogens with one attached hydrogen (secondary N) is 2. The van der Waals surface area contributed by atoms with Gasteiger partial charge in [-0.05, 0) is 32.9 Å². The van der Waals surface area contributed by atoms with Crippen LogP contribution in [0, 0.1) is 0 Å². The summed E-state index contributed by atoms with van der Waals surface area (Å²) in [7, 11) is -3.79. The van der Waals surface area contributed by atoms with E-state index in [9.17, 15) is 13.2 Å². The molecule has 1 amide bonds. The Morgan fingerprint density at radius 1 is 1.24 bits per heavy atom. The van der Waals surface area contributed by atoms with Gasteiger partial charge in [0.15, 0.2) is 0 Å². The lowest BCUT2D eigenvalue weighted by Crippen LogP contribution is -2.35. The number of benzene rings is 1. The number of hydrogen-bond acceptors (Lipinski definition) is 5. The van der Waals surface area contributed by atoms with Gasteiger partial charge in [0.2, 0.25) is 10.0 Å². The number of anilines is 1. The fourth-order valence-corrected chi connectivity index (χ4v) is 2.25. The number of amides is 1. The van der Waals surface area contributed by atoms with Crippen molar-refractivity contribution in [3.63, 3.8) is 0 Å². The van der Waals surface area contributed by atoms with Crippen LogP contribution in [0.25, 0.3) is 0 Å². The Hall–Kier alpha value is -1.80. The van der Waals surface area contributed by atoms with E-state index < -0.39 is 21.7 Å². The molecule has 118 valence electrons. The first-order valence-electron chi connectivity index (χ1n) is 6.42. The molecule has 1 rings (SSSR count). The molecule has 0 atom stereocenters. The highest BCUT2D eigenvalue weighted by Crippen LogP contribution is 2.18. The zero-order valence-corrected chi connectivity index (χ0v) is 13.2. The molecule has 0 aliphatic heterocycles. The maximum Gasteiger partial charge on any atom is 0.407 e. The molecule has 0 saturated carbocycles.